The van der Waals surface area contributed by atoms with Crippen molar-refractivity contribution in [1.82, 2.24) is 5.32 Å². The van der Waals surface area contributed by atoms with Gasteiger partial charge in [-0.25, -0.2) is 0 Å². The molecule has 1 amide bonds. The van der Waals surface area contributed by atoms with Gasteiger partial charge in [0.15, 0.2) is 0 Å². The zero-order valence-electron chi connectivity index (χ0n) is 11.0. The lowest BCUT2D eigenvalue weighted by Gasteiger charge is -2.09. The minimum Gasteiger partial charge on any atom is -0.469 e. The van der Waals surface area contributed by atoms with Gasteiger partial charge in [-0.3, -0.25) is 9.59 Å². The number of esters is 1. The smallest absolute Gasteiger partial charge is 0.306 e. The highest BCUT2D eigenvalue weighted by Crippen LogP contribution is 2.19. The Labute approximate surface area is 117 Å². The van der Waals surface area contributed by atoms with Crippen LogP contribution in [-0.4, -0.2) is 32.1 Å². The number of aryl methyl sites for hydroxylation is 1. The van der Waals surface area contributed by atoms with Gasteiger partial charge in [-0.05, 0) is 24.6 Å². The molecule has 5 nitrogen and oxygen atoms in total. The van der Waals surface area contributed by atoms with E-state index in [1.807, 2.05) is 13.0 Å². The number of halogens is 1. The molecule has 0 unspecified atom stereocenters. The maximum absolute atomic E-state index is 11.7. The molecule has 0 saturated carbocycles. The summed E-state index contributed by atoms with van der Waals surface area (Å²) in [6.07, 6.45) is 0.236. The van der Waals surface area contributed by atoms with Crippen LogP contribution in [0.4, 0.5) is 5.69 Å². The van der Waals surface area contributed by atoms with Gasteiger partial charge in [0.2, 0.25) is 5.91 Å². The number of methoxy groups -OCH3 is 1. The SMILES string of the molecule is COC(=O)CCNCC(=O)Nc1cc(Cl)ccc1C. The molecule has 0 fully saturated rings. The molecule has 1 rings (SSSR count). The van der Waals surface area contributed by atoms with E-state index in [2.05, 4.69) is 15.4 Å². The third-order valence-electron chi connectivity index (χ3n) is 2.49. The zero-order chi connectivity index (χ0) is 14.3. The molecule has 0 saturated heterocycles. The summed E-state index contributed by atoms with van der Waals surface area (Å²) in [5.74, 6) is -0.492. The van der Waals surface area contributed by atoms with Gasteiger partial charge >= 0.3 is 5.97 Å². The van der Waals surface area contributed by atoms with Gasteiger partial charge in [0.1, 0.15) is 0 Å². The molecule has 0 atom stereocenters. The van der Waals surface area contributed by atoms with Gasteiger partial charge in [0.25, 0.3) is 0 Å². The molecule has 2 N–H and O–H groups in total. The Hall–Kier alpha value is -1.59. The topological polar surface area (TPSA) is 67.4 Å². The molecule has 0 aromatic heterocycles. The first kappa shape index (κ1) is 15.5. The summed E-state index contributed by atoms with van der Waals surface area (Å²) in [5.41, 5.74) is 1.62. The van der Waals surface area contributed by atoms with Crippen molar-refractivity contribution in [3.63, 3.8) is 0 Å². The van der Waals surface area contributed by atoms with Gasteiger partial charge in [-0.15, -0.1) is 0 Å². The zero-order valence-corrected chi connectivity index (χ0v) is 11.7. The fourth-order valence-electron chi connectivity index (χ4n) is 1.42. The Morgan fingerprint density at radius 1 is 1.37 bits per heavy atom. The van der Waals surface area contributed by atoms with Crippen LogP contribution in [0.2, 0.25) is 5.02 Å². The standard InChI is InChI=1S/C13H17ClN2O3/c1-9-3-4-10(14)7-11(9)16-12(17)8-15-6-5-13(18)19-2/h3-4,7,15H,5-6,8H2,1-2H3,(H,16,17). The van der Waals surface area contributed by atoms with Crippen LogP contribution in [0.15, 0.2) is 18.2 Å². The number of nitrogens with one attached hydrogen (secondary N) is 2. The van der Waals surface area contributed by atoms with Crippen molar-refractivity contribution >= 4 is 29.2 Å². The van der Waals surface area contributed by atoms with Gasteiger partial charge in [-0.2, -0.15) is 0 Å². The molecule has 0 radical (unpaired) electrons. The molecule has 0 aliphatic carbocycles. The molecule has 0 aliphatic heterocycles. The Morgan fingerprint density at radius 3 is 2.79 bits per heavy atom. The number of benzene rings is 1. The predicted octanol–water partition coefficient (Wildman–Crippen LogP) is 1.74. The van der Waals surface area contributed by atoms with E-state index in [4.69, 9.17) is 11.6 Å². The Kier molecular flexibility index (Phi) is 6.32. The second-order valence-electron chi connectivity index (χ2n) is 4.01. The summed E-state index contributed by atoms with van der Waals surface area (Å²) >= 11 is 5.86. The number of anilines is 1. The first-order valence-electron chi connectivity index (χ1n) is 5.86. The summed E-state index contributed by atoms with van der Waals surface area (Å²) in [6.45, 7) is 2.41. The molecule has 1 aromatic carbocycles. The lowest BCUT2D eigenvalue weighted by Crippen LogP contribution is -2.30. The van der Waals surface area contributed by atoms with E-state index >= 15 is 0 Å². The lowest BCUT2D eigenvalue weighted by atomic mass is 10.2. The van der Waals surface area contributed by atoms with E-state index in [9.17, 15) is 9.59 Å². The third-order valence-corrected chi connectivity index (χ3v) is 2.73. The van der Waals surface area contributed by atoms with Crippen LogP contribution in [0.1, 0.15) is 12.0 Å². The van der Waals surface area contributed by atoms with E-state index in [1.54, 1.807) is 12.1 Å². The van der Waals surface area contributed by atoms with Crippen LogP contribution in [0.25, 0.3) is 0 Å². The first-order chi connectivity index (χ1) is 9.02. The van der Waals surface area contributed by atoms with Gasteiger partial charge in [0, 0.05) is 17.3 Å². The van der Waals surface area contributed by atoms with Gasteiger partial charge in [0.05, 0.1) is 20.1 Å². The quantitative estimate of drug-likeness (QED) is 0.617. The van der Waals surface area contributed by atoms with Crippen LogP contribution < -0.4 is 10.6 Å². The van der Waals surface area contributed by atoms with Crippen LogP contribution in [-0.2, 0) is 14.3 Å². The monoisotopic (exact) mass is 284 g/mol. The number of rotatable bonds is 6. The number of hydrogen-bond donors (Lipinski definition) is 2. The summed E-state index contributed by atoms with van der Waals surface area (Å²) in [6, 6.07) is 5.30. The van der Waals surface area contributed by atoms with Crippen molar-refractivity contribution in [2.75, 3.05) is 25.5 Å². The van der Waals surface area contributed by atoms with E-state index < -0.39 is 0 Å². The summed E-state index contributed by atoms with van der Waals surface area (Å²) in [7, 11) is 1.33. The number of carbonyl (C=O) groups is 2. The normalized spacial score (nSPS) is 10.1. The fourth-order valence-corrected chi connectivity index (χ4v) is 1.59. The van der Waals surface area contributed by atoms with Crippen molar-refractivity contribution in [3.8, 4) is 0 Å². The molecule has 19 heavy (non-hydrogen) atoms. The Balaban J connectivity index is 2.35. The average Bonchev–Trinajstić information content (AvgIpc) is 2.38. The van der Waals surface area contributed by atoms with Crippen molar-refractivity contribution in [2.45, 2.75) is 13.3 Å². The molecule has 0 aliphatic rings. The molecule has 1 aromatic rings. The third kappa shape index (κ3) is 5.72. The molecular formula is C13H17ClN2O3. The summed E-state index contributed by atoms with van der Waals surface area (Å²) < 4.78 is 4.49. The van der Waals surface area contributed by atoms with E-state index in [1.165, 1.54) is 7.11 Å². The minimum atomic E-state index is -0.307. The largest absolute Gasteiger partial charge is 0.469 e. The number of ether oxygens (including phenoxy) is 1. The van der Waals surface area contributed by atoms with Crippen LogP contribution in [0.5, 0.6) is 0 Å². The molecular weight excluding hydrogens is 268 g/mol. The predicted molar refractivity (Wildman–Crippen MR) is 74.3 cm³/mol. The number of hydrogen-bond acceptors (Lipinski definition) is 4. The van der Waals surface area contributed by atoms with Crippen LogP contribution >= 0.6 is 11.6 Å². The summed E-state index contributed by atoms with van der Waals surface area (Å²) in [4.78, 5) is 22.5. The molecule has 0 heterocycles. The maximum Gasteiger partial charge on any atom is 0.306 e. The second-order valence-corrected chi connectivity index (χ2v) is 4.45. The van der Waals surface area contributed by atoms with E-state index in [-0.39, 0.29) is 24.8 Å². The Bertz CT molecular complexity index is 463. The first-order valence-corrected chi connectivity index (χ1v) is 6.24. The number of amides is 1. The Morgan fingerprint density at radius 2 is 2.11 bits per heavy atom. The molecule has 6 heteroatoms. The summed E-state index contributed by atoms with van der Waals surface area (Å²) in [5, 5.41) is 6.18. The van der Waals surface area contributed by atoms with Gasteiger partial charge < -0.3 is 15.4 Å². The minimum absolute atomic E-state index is 0.128. The van der Waals surface area contributed by atoms with Gasteiger partial charge in [-0.1, -0.05) is 17.7 Å². The van der Waals surface area contributed by atoms with E-state index in [0.717, 1.165) is 5.56 Å². The van der Waals surface area contributed by atoms with Crippen molar-refractivity contribution in [2.24, 2.45) is 0 Å². The maximum atomic E-state index is 11.7. The molecule has 104 valence electrons. The van der Waals surface area contributed by atoms with Crippen molar-refractivity contribution in [1.29, 1.82) is 0 Å². The molecule has 0 spiro atoms. The average molecular weight is 285 g/mol. The fraction of sp³-hybridized carbons (Fsp3) is 0.385. The van der Waals surface area contributed by atoms with Crippen molar-refractivity contribution in [3.05, 3.63) is 28.8 Å². The molecule has 0 bridgehead atoms. The van der Waals surface area contributed by atoms with Crippen LogP contribution in [0, 0.1) is 6.92 Å². The second kappa shape index (κ2) is 7.76. The van der Waals surface area contributed by atoms with E-state index in [0.29, 0.717) is 17.3 Å². The number of carbonyl (C=O) groups excluding carboxylic acids is 2. The van der Waals surface area contributed by atoms with Crippen molar-refractivity contribution < 1.29 is 14.3 Å². The highest BCUT2D eigenvalue weighted by Gasteiger charge is 2.06. The van der Waals surface area contributed by atoms with Crippen LogP contribution in [0.3, 0.4) is 0 Å². The highest BCUT2D eigenvalue weighted by atomic mass is 35.5. The highest BCUT2D eigenvalue weighted by molar-refractivity contribution is 6.31. The lowest BCUT2D eigenvalue weighted by molar-refractivity contribution is -0.140.